The number of carbonyl (C=O) groups is 1. The van der Waals surface area contributed by atoms with Gasteiger partial charge in [-0.1, -0.05) is 37.3 Å². The number of carbonyl (C=O) groups excluding carboxylic acids is 1. The Hall–Kier alpha value is -1.61. The first-order valence-electron chi connectivity index (χ1n) is 6.44. The second-order valence-electron chi connectivity index (χ2n) is 4.34. The van der Waals surface area contributed by atoms with E-state index in [0.717, 1.165) is 17.6 Å². The maximum atomic E-state index is 12.3. The van der Waals surface area contributed by atoms with Crippen LogP contribution in [0.4, 0.5) is 0 Å². The second kappa shape index (κ2) is 6.36. The minimum absolute atomic E-state index is 0.143. The Morgan fingerprint density at radius 3 is 2.56 bits per heavy atom. The number of benzene rings is 1. The highest BCUT2D eigenvalue weighted by Crippen LogP contribution is 2.13. The third kappa shape index (κ3) is 3.20. The lowest BCUT2D eigenvalue weighted by Crippen LogP contribution is -2.41. The zero-order chi connectivity index (χ0) is 12.8. The van der Waals surface area contributed by atoms with Crippen LogP contribution in [0.3, 0.4) is 0 Å². The summed E-state index contributed by atoms with van der Waals surface area (Å²) in [5, 5.41) is 0. The lowest BCUT2D eigenvalue weighted by atomic mass is 10.1. The molecule has 2 rings (SSSR count). The quantitative estimate of drug-likeness (QED) is 0.765. The van der Waals surface area contributed by atoms with Crippen LogP contribution in [0, 0.1) is 0 Å². The van der Waals surface area contributed by atoms with Gasteiger partial charge >= 0.3 is 0 Å². The summed E-state index contributed by atoms with van der Waals surface area (Å²) in [4.78, 5) is 14.2. The first-order valence-corrected chi connectivity index (χ1v) is 6.44. The van der Waals surface area contributed by atoms with Crippen molar-refractivity contribution in [2.75, 3.05) is 26.3 Å². The third-order valence-corrected chi connectivity index (χ3v) is 3.09. The van der Waals surface area contributed by atoms with Crippen molar-refractivity contribution < 1.29 is 9.53 Å². The van der Waals surface area contributed by atoms with Crippen LogP contribution in [0.2, 0.25) is 0 Å². The molecule has 3 nitrogen and oxygen atoms in total. The fraction of sp³-hybridized carbons (Fsp3) is 0.400. The average molecular weight is 245 g/mol. The van der Waals surface area contributed by atoms with Crippen LogP contribution < -0.4 is 0 Å². The summed E-state index contributed by atoms with van der Waals surface area (Å²) < 4.78 is 5.27. The number of amides is 1. The Bertz CT molecular complexity index is 419. The zero-order valence-corrected chi connectivity index (χ0v) is 10.8. The Morgan fingerprint density at radius 2 is 1.94 bits per heavy atom. The van der Waals surface area contributed by atoms with Crippen LogP contribution in [-0.2, 0) is 9.53 Å². The van der Waals surface area contributed by atoms with Gasteiger partial charge in [0.15, 0.2) is 0 Å². The van der Waals surface area contributed by atoms with Gasteiger partial charge in [0.05, 0.1) is 13.2 Å². The number of nitrogens with zero attached hydrogens (tertiary/aromatic N) is 1. The molecule has 1 amide bonds. The van der Waals surface area contributed by atoms with Gasteiger partial charge < -0.3 is 9.64 Å². The summed E-state index contributed by atoms with van der Waals surface area (Å²) in [5.41, 5.74) is 1.94. The average Bonchev–Trinajstić information content (AvgIpc) is 2.46. The lowest BCUT2D eigenvalue weighted by Gasteiger charge is -2.27. The Balaban J connectivity index is 2.12. The van der Waals surface area contributed by atoms with Crippen molar-refractivity contribution in [1.29, 1.82) is 0 Å². The highest BCUT2D eigenvalue weighted by atomic mass is 16.5. The van der Waals surface area contributed by atoms with Gasteiger partial charge in [-0.25, -0.2) is 0 Å². The third-order valence-electron chi connectivity index (χ3n) is 3.09. The Labute approximate surface area is 108 Å². The molecule has 1 aromatic rings. The van der Waals surface area contributed by atoms with Gasteiger partial charge in [0.25, 0.3) is 0 Å². The topological polar surface area (TPSA) is 29.5 Å². The van der Waals surface area contributed by atoms with Gasteiger partial charge in [0.2, 0.25) is 5.91 Å². The molecule has 18 heavy (non-hydrogen) atoms. The highest BCUT2D eigenvalue weighted by molar-refractivity contribution is 5.97. The van der Waals surface area contributed by atoms with Crippen LogP contribution in [0.1, 0.15) is 18.9 Å². The van der Waals surface area contributed by atoms with Gasteiger partial charge in [-0.2, -0.15) is 0 Å². The summed E-state index contributed by atoms with van der Waals surface area (Å²) in [6.07, 6.45) is 2.74. The number of hydrogen-bond donors (Lipinski definition) is 0. The molecule has 0 aromatic heterocycles. The van der Waals surface area contributed by atoms with E-state index in [0.29, 0.717) is 26.3 Å². The van der Waals surface area contributed by atoms with E-state index in [2.05, 4.69) is 0 Å². The van der Waals surface area contributed by atoms with Gasteiger partial charge in [-0.05, 0) is 18.1 Å². The zero-order valence-electron chi connectivity index (χ0n) is 10.8. The van der Waals surface area contributed by atoms with Crippen LogP contribution in [0.15, 0.2) is 35.9 Å². The van der Waals surface area contributed by atoms with E-state index in [1.165, 1.54) is 0 Å². The molecular weight excluding hydrogens is 226 g/mol. The van der Waals surface area contributed by atoms with Gasteiger partial charge in [0.1, 0.15) is 0 Å². The molecule has 0 spiro atoms. The van der Waals surface area contributed by atoms with E-state index in [1.807, 2.05) is 48.2 Å². The van der Waals surface area contributed by atoms with Crippen molar-refractivity contribution in [2.45, 2.75) is 13.3 Å². The van der Waals surface area contributed by atoms with Crippen LogP contribution in [0.25, 0.3) is 6.08 Å². The highest BCUT2D eigenvalue weighted by Gasteiger charge is 2.19. The number of rotatable bonds is 3. The Morgan fingerprint density at radius 1 is 1.28 bits per heavy atom. The number of morpholine rings is 1. The van der Waals surface area contributed by atoms with E-state index in [-0.39, 0.29) is 5.91 Å². The van der Waals surface area contributed by atoms with Crippen molar-refractivity contribution in [3.05, 3.63) is 41.5 Å². The molecule has 1 aromatic carbocycles. The van der Waals surface area contributed by atoms with Crippen LogP contribution in [-0.4, -0.2) is 37.1 Å². The van der Waals surface area contributed by atoms with Crippen molar-refractivity contribution in [3.8, 4) is 0 Å². The summed E-state index contributed by atoms with van der Waals surface area (Å²) in [6, 6.07) is 9.98. The summed E-state index contributed by atoms with van der Waals surface area (Å²) >= 11 is 0. The lowest BCUT2D eigenvalue weighted by molar-refractivity contribution is -0.131. The molecule has 1 saturated heterocycles. The van der Waals surface area contributed by atoms with E-state index < -0.39 is 0 Å². The summed E-state index contributed by atoms with van der Waals surface area (Å²) in [7, 11) is 0. The maximum absolute atomic E-state index is 12.3. The van der Waals surface area contributed by atoms with Crippen LogP contribution in [0.5, 0.6) is 0 Å². The van der Waals surface area contributed by atoms with Crippen molar-refractivity contribution in [1.82, 2.24) is 4.90 Å². The fourth-order valence-electron chi connectivity index (χ4n) is 2.04. The van der Waals surface area contributed by atoms with E-state index >= 15 is 0 Å². The molecule has 0 atom stereocenters. The largest absolute Gasteiger partial charge is 0.378 e. The molecule has 96 valence electrons. The van der Waals surface area contributed by atoms with Gasteiger partial charge in [0, 0.05) is 18.7 Å². The fourth-order valence-corrected chi connectivity index (χ4v) is 2.04. The molecular formula is C15H19NO2. The van der Waals surface area contributed by atoms with E-state index in [4.69, 9.17) is 4.74 Å². The minimum Gasteiger partial charge on any atom is -0.378 e. The molecule has 0 saturated carbocycles. The second-order valence-corrected chi connectivity index (χ2v) is 4.34. The molecule has 0 aliphatic carbocycles. The Kier molecular flexibility index (Phi) is 4.53. The molecule has 0 bridgehead atoms. The number of hydrogen-bond acceptors (Lipinski definition) is 2. The van der Waals surface area contributed by atoms with Crippen LogP contribution >= 0.6 is 0 Å². The maximum Gasteiger partial charge on any atom is 0.249 e. The molecule has 0 radical (unpaired) electrons. The van der Waals surface area contributed by atoms with Gasteiger partial charge in [-0.15, -0.1) is 0 Å². The molecule has 1 aliphatic rings. The predicted octanol–water partition coefficient (Wildman–Crippen LogP) is 2.34. The number of ether oxygens (including phenoxy) is 1. The SMILES string of the molecule is CC/C(=C\c1ccccc1)C(=O)N1CCOCC1. The standard InChI is InChI=1S/C15H19NO2/c1-2-14(12-13-6-4-3-5-7-13)15(17)16-8-10-18-11-9-16/h3-7,12H,2,8-11H2,1H3/b14-12+. The van der Waals surface area contributed by atoms with Crippen molar-refractivity contribution >= 4 is 12.0 Å². The summed E-state index contributed by atoms with van der Waals surface area (Å²) in [6.45, 7) is 4.71. The minimum atomic E-state index is 0.143. The molecule has 0 unspecified atom stereocenters. The van der Waals surface area contributed by atoms with Crippen molar-refractivity contribution in [2.24, 2.45) is 0 Å². The summed E-state index contributed by atoms with van der Waals surface area (Å²) in [5.74, 6) is 0.143. The predicted molar refractivity (Wildman–Crippen MR) is 72.1 cm³/mol. The van der Waals surface area contributed by atoms with E-state index in [9.17, 15) is 4.79 Å². The molecule has 1 aliphatic heterocycles. The monoisotopic (exact) mass is 245 g/mol. The first-order chi connectivity index (χ1) is 8.81. The van der Waals surface area contributed by atoms with E-state index in [1.54, 1.807) is 0 Å². The molecule has 0 N–H and O–H groups in total. The smallest absolute Gasteiger partial charge is 0.249 e. The first kappa shape index (κ1) is 12.8. The van der Waals surface area contributed by atoms with Gasteiger partial charge in [-0.3, -0.25) is 4.79 Å². The molecule has 1 fully saturated rings. The normalized spacial score (nSPS) is 16.7. The molecule has 3 heteroatoms. The van der Waals surface area contributed by atoms with Crippen molar-refractivity contribution in [3.63, 3.8) is 0 Å². The molecule has 1 heterocycles.